The molecular formula is C11H21NS. The Morgan fingerprint density at radius 3 is 2.69 bits per heavy atom. The summed E-state index contributed by atoms with van der Waals surface area (Å²) in [5.74, 6) is 0.823. The molecule has 1 saturated heterocycles. The van der Waals surface area contributed by atoms with Crippen LogP contribution in [-0.4, -0.2) is 23.0 Å². The van der Waals surface area contributed by atoms with Crippen molar-refractivity contribution in [3.63, 3.8) is 0 Å². The van der Waals surface area contributed by atoms with Crippen LogP contribution < -0.4 is 0 Å². The maximum absolute atomic E-state index is 5.34. The monoisotopic (exact) mass is 199 g/mol. The molecular weight excluding hydrogens is 178 g/mol. The topological polar surface area (TPSA) is 3.24 Å². The van der Waals surface area contributed by atoms with Gasteiger partial charge in [0.1, 0.15) is 0 Å². The molecule has 2 unspecified atom stereocenters. The second kappa shape index (κ2) is 4.94. The molecule has 1 fully saturated rings. The molecule has 0 aromatic rings. The van der Waals surface area contributed by atoms with Crippen LogP contribution in [0.4, 0.5) is 0 Å². The second-order valence-corrected chi connectivity index (χ2v) is 4.56. The molecule has 0 saturated carbocycles. The Balaban J connectivity index is 2.52. The van der Waals surface area contributed by atoms with E-state index in [0.717, 1.165) is 18.4 Å². The fourth-order valence-corrected chi connectivity index (χ4v) is 2.61. The standard InChI is InChI=1S/C11H21NS/c1-4-6-7-10-9(5-2)8-11(13)12(10)3/h9-10H,4-8H2,1-3H3. The zero-order valence-electron chi connectivity index (χ0n) is 9.05. The van der Waals surface area contributed by atoms with E-state index in [2.05, 4.69) is 25.8 Å². The van der Waals surface area contributed by atoms with E-state index < -0.39 is 0 Å². The molecule has 0 spiro atoms. The van der Waals surface area contributed by atoms with E-state index in [9.17, 15) is 0 Å². The van der Waals surface area contributed by atoms with Crippen molar-refractivity contribution < 1.29 is 0 Å². The van der Waals surface area contributed by atoms with Crippen molar-refractivity contribution in [2.24, 2.45) is 5.92 Å². The summed E-state index contributed by atoms with van der Waals surface area (Å²) in [7, 11) is 2.16. The van der Waals surface area contributed by atoms with Crippen molar-refractivity contribution in [1.29, 1.82) is 0 Å². The van der Waals surface area contributed by atoms with E-state index in [0.29, 0.717) is 0 Å². The van der Waals surface area contributed by atoms with Gasteiger partial charge in [-0.15, -0.1) is 0 Å². The lowest BCUT2D eigenvalue weighted by molar-refractivity contribution is 0.286. The maximum Gasteiger partial charge on any atom is 0.0782 e. The molecule has 0 aromatic carbocycles. The highest BCUT2D eigenvalue weighted by molar-refractivity contribution is 7.80. The average molecular weight is 199 g/mol. The summed E-state index contributed by atoms with van der Waals surface area (Å²) >= 11 is 5.34. The summed E-state index contributed by atoms with van der Waals surface area (Å²) in [6.07, 6.45) is 6.39. The molecule has 2 heteroatoms. The van der Waals surface area contributed by atoms with Crippen molar-refractivity contribution in [3.8, 4) is 0 Å². The number of rotatable bonds is 4. The molecule has 0 aliphatic carbocycles. The summed E-state index contributed by atoms with van der Waals surface area (Å²) in [5, 5.41) is 0. The molecule has 0 N–H and O–H groups in total. The summed E-state index contributed by atoms with van der Waals surface area (Å²) < 4.78 is 0. The third kappa shape index (κ3) is 2.43. The van der Waals surface area contributed by atoms with Crippen LogP contribution in [0.15, 0.2) is 0 Å². The minimum Gasteiger partial charge on any atom is -0.366 e. The number of nitrogens with zero attached hydrogens (tertiary/aromatic N) is 1. The van der Waals surface area contributed by atoms with E-state index >= 15 is 0 Å². The molecule has 0 aromatic heterocycles. The zero-order valence-corrected chi connectivity index (χ0v) is 9.86. The van der Waals surface area contributed by atoms with E-state index in [-0.39, 0.29) is 0 Å². The van der Waals surface area contributed by atoms with Crippen molar-refractivity contribution in [2.75, 3.05) is 7.05 Å². The van der Waals surface area contributed by atoms with Gasteiger partial charge in [0.25, 0.3) is 0 Å². The normalized spacial score (nSPS) is 28.5. The highest BCUT2D eigenvalue weighted by Gasteiger charge is 2.32. The maximum atomic E-state index is 5.34. The van der Waals surface area contributed by atoms with Crippen LogP contribution in [0.5, 0.6) is 0 Å². The molecule has 13 heavy (non-hydrogen) atoms. The van der Waals surface area contributed by atoms with E-state index in [1.165, 1.54) is 30.7 Å². The molecule has 2 atom stereocenters. The van der Waals surface area contributed by atoms with E-state index in [4.69, 9.17) is 12.2 Å². The van der Waals surface area contributed by atoms with Crippen LogP contribution in [-0.2, 0) is 0 Å². The van der Waals surface area contributed by atoms with Crippen LogP contribution in [0.1, 0.15) is 46.0 Å². The molecule has 76 valence electrons. The van der Waals surface area contributed by atoms with Gasteiger partial charge in [0.2, 0.25) is 0 Å². The molecule has 0 bridgehead atoms. The molecule has 1 rings (SSSR count). The van der Waals surface area contributed by atoms with Gasteiger partial charge in [0, 0.05) is 19.5 Å². The Morgan fingerprint density at radius 1 is 1.46 bits per heavy atom. The molecule has 1 heterocycles. The molecule has 1 aliphatic rings. The Hall–Kier alpha value is -0.110. The Kier molecular flexibility index (Phi) is 4.17. The lowest BCUT2D eigenvalue weighted by atomic mass is 9.94. The van der Waals surface area contributed by atoms with Gasteiger partial charge < -0.3 is 4.90 Å². The van der Waals surface area contributed by atoms with Gasteiger partial charge >= 0.3 is 0 Å². The van der Waals surface area contributed by atoms with Gasteiger partial charge in [-0.3, -0.25) is 0 Å². The molecule has 1 aliphatic heterocycles. The third-order valence-corrected chi connectivity index (χ3v) is 3.70. The summed E-state index contributed by atoms with van der Waals surface area (Å²) in [4.78, 5) is 3.51. The minimum atomic E-state index is 0.734. The number of hydrogen-bond donors (Lipinski definition) is 0. The van der Waals surface area contributed by atoms with Crippen LogP contribution in [0.25, 0.3) is 0 Å². The molecule has 0 radical (unpaired) electrons. The van der Waals surface area contributed by atoms with Crippen molar-refractivity contribution in [1.82, 2.24) is 4.90 Å². The van der Waals surface area contributed by atoms with E-state index in [1.807, 2.05) is 0 Å². The van der Waals surface area contributed by atoms with Gasteiger partial charge in [0.05, 0.1) is 4.99 Å². The lowest BCUT2D eigenvalue weighted by Crippen LogP contribution is -2.30. The Labute approximate surface area is 87.5 Å². The Morgan fingerprint density at radius 2 is 2.15 bits per heavy atom. The third-order valence-electron chi connectivity index (χ3n) is 3.25. The van der Waals surface area contributed by atoms with Crippen molar-refractivity contribution in [3.05, 3.63) is 0 Å². The number of thiocarbonyl (C=S) groups is 1. The first kappa shape index (κ1) is 11.0. The fourth-order valence-electron chi connectivity index (χ4n) is 2.26. The highest BCUT2D eigenvalue weighted by Crippen LogP contribution is 2.30. The van der Waals surface area contributed by atoms with Crippen LogP contribution in [0, 0.1) is 5.92 Å². The van der Waals surface area contributed by atoms with Gasteiger partial charge in [-0.05, 0) is 12.3 Å². The van der Waals surface area contributed by atoms with Gasteiger partial charge in [-0.2, -0.15) is 0 Å². The highest BCUT2D eigenvalue weighted by atomic mass is 32.1. The van der Waals surface area contributed by atoms with Gasteiger partial charge in [0.15, 0.2) is 0 Å². The first-order chi connectivity index (χ1) is 6.20. The lowest BCUT2D eigenvalue weighted by Gasteiger charge is -2.25. The van der Waals surface area contributed by atoms with Crippen LogP contribution in [0.3, 0.4) is 0 Å². The van der Waals surface area contributed by atoms with E-state index in [1.54, 1.807) is 0 Å². The summed E-state index contributed by atoms with van der Waals surface area (Å²) in [6.45, 7) is 4.54. The van der Waals surface area contributed by atoms with Gasteiger partial charge in [-0.25, -0.2) is 0 Å². The van der Waals surface area contributed by atoms with Crippen molar-refractivity contribution >= 4 is 17.2 Å². The quantitative estimate of drug-likeness (QED) is 0.640. The summed E-state index contributed by atoms with van der Waals surface area (Å²) in [5.41, 5.74) is 0. The smallest absolute Gasteiger partial charge is 0.0782 e. The zero-order chi connectivity index (χ0) is 9.84. The fraction of sp³-hybridized carbons (Fsp3) is 0.909. The molecule has 0 amide bonds. The van der Waals surface area contributed by atoms with Crippen molar-refractivity contribution in [2.45, 2.75) is 52.0 Å². The summed E-state index contributed by atoms with van der Waals surface area (Å²) in [6, 6.07) is 0.734. The predicted octanol–water partition coefficient (Wildman–Crippen LogP) is 3.23. The van der Waals surface area contributed by atoms with Crippen LogP contribution >= 0.6 is 12.2 Å². The number of likely N-dealkylation sites (tertiary alicyclic amines) is 1. The second-order valence-electron chi connectivity index (χ2n) is 4.09. The first-order valence-corrected chi connectivity index (χ1v) is 5.87. The number of hydrogen-bond acceptors (Lipinski definition) is 1. The van der Waals surface area contributed by atoms with Crippen LogP contribution in [0.2, 0.25) is 0 Å². The number of unbranched alkanes of at least 4 members (excludes halogenated alkanes) is 1. The predicted molar refractivity (Wildman–Crippen MR) is 62.1 cm³/mol. The molecule has 1 nitrogen and oxygen atoms in total. The van der Waals surface area contributed by atoms with Gasteiger partial charge in [-0.1, -0.05) is 45.3 Å². The largest absolute Gasteiger partial charge is 0.366 e. The average Bonchev–Trinajstić information content (AvgIpc) is 2.40. The first-order valence-electron chi connectivity index (χ1n) is 5.46. The SMILES string of the molecule is CCCCC1C(CC)CC(=S)N1C. The Bertz CT molecular complexity index is 179. The minimum absolute atomic E-state index is 0.734.